The molecule has 0 bridgehead atoms. The Morgan fingerprint density at radius 1 is 1.30 bits per heavy atom. The number of carbonyl (C=O) groups excluding carboxylic acids is 1. The molecule has 0 saturated carbocycles. The Balaban J connectivity index is 1.83. The summed E-state index contributed by atoms with van der Waals surface area (Å²) in [5.41, 5.74) is -0.308. The van der Waals surface area contributed by atoms with Gasteiger partial charge in [0, 0.05) is 25.3 Å². The first-order valence-corrected chi connectivity index (χ1v) is 7.00. The van der Waals surface area contributed by atoms with E-state index in [0.717, 1.165) is 12.8 Å². The minimum atomic E-state index is -4.18. The summed E-state index contributed by atoms with van der Waals surface area (Å²) in [5, 5.41) is 5.67. The van der Waals surface area contributed by atoms with Crippen LogP contribution >= 0.6 is 0 Å². The summed E-state index contributed by atoms with van der Waals surface area (Å²) in [6.45, 7) is 2.98. The predicted octanol–water partition coefficient (Wildman–Crippen LogP) is 1.60. The molecule has 2 heterocycles. The zero-order chi connectivity index (χ0) is 14.8. The normalized spacial score (nSPS) is 30.8. The zero-order valence-corrected chi connectivity index (χ0v) is 11.6. The van der Waals surface area contributed by atoms with Crippen LogP contribution in [-0.4, -0.2) is 43.4 Å². The summed E-state index contributed by atoms with van der Waals surface area (Å²) in [5.74, 6) is -1.54. The molecular formula is C13H21F3N2O2. The summed E-state index contributed by atoms with van der Waals surface area (Å²) >= 11 is 0. The van der Waals surface area contributed by atoms with Crippen LogP contribution in [0.2, 0.25) is 0 Å². The maximum absolute atomic E-state index is 12.5. The highest BCUT2D eigenvalue weighted by Crippen LogP contribution is 2.32. The number of ether oxygens (including phenoxy) is 1. The number of hydrogen-bond acceptors (Lipinski definition) is 3. The van der Waals surface area contributed by atoms with Gasteiger partial charge < -0.3 is 15.4 Å². The molecule has 4 nitrogen and oxygen atoms in total. The van der Waals surface area contributed by atoms with Gasteiger partial charge in [-0.25, -0.2) is 0 Å². The average Bonchev–Trinajstić information content (AvgIpc) is 2.38. The lowest BCUT2D eigenvalue weighted by Gasteiger charge is -2.37. The fourth-order valence-corrected chi connectivity index (χ4v) is 2.69. The van der Waals surface area contributed by atoms with E-state index in [2.05, 4.69) is 10.6 Å². The summed E-state index contributed by atoms with van der Waals surface area (Å²) in [4.78, 5) is 12.1. The Labute approximate surface area is 116 Å². The third-order valence-electron chi connectivity index (χ3n) is 4.22. The standard InChI is InChI=1S/C13H21F3N2O2/c1-12(4-6-20-7-5-12)18-11(19)10-3-2-9(8-17-10)13(14,15)16/h9-10,17H,2-8H2,1H3,(H,18,19). The van der Waals surface area contributed by atoms with Crippen LogP contribution in [0, 0.1) is 5.92 Å². The minimum absolute atomic E-state index is 0.00835. The van der Waals surface area contributed by atoms with Gasteiger partial charge in [-0.2, -0.15) is 13.2 Å². The van der Waals surface area contributed by atoms with Crippen molar-refractivity contribution in [3.63, 3.8) is 0 Å². The molecule has 2 saturated heterocycles. The molecule has 0 spiro atoms. The Hall–Kier alpha value is -0.820. The smallest absolute Gasteiger partial charge is 0.381 e. The number of rotatable bonds is 2. The van der Waals surface area contributed by atoms with Crippen molar-refractivity contribution in [2.45, 2.75) is 50.4 Å². The molecular weight excluding hydrogens is 273 g/mol. The van der Waals surface area contributed by atoms with Crippen LogP contribution in [0.4, 0.5) is 13.2 Å². The molecule has 20 heavy (non-hydrogen) atoms. The van der Waals surface area contributed by atoms with E-state index in [-0.39, 0.29) is 30.8 Å². The van der Waals surface area contributed by atoms with Crippen molar-refractivity contribution in [2.24, 2.45) is 5.92 Å². The molecule has 0 radical (unpaired) electrons. The van der Waals surface area contributed by atoms with E-state index in [0.29, 0.717) is 13.2 Å². The first-order chi connectivity index (χ1) is 9.30. The lowest BCUT2D eigenvalue weighted by Crippen LogP contribution is -2.57. The van der Waals surface area contributed by atoms with Crippen molar-refractivity contribution < 1.29 is 22.7 Å². The van der Waals surface area contributed by atoms with E-state index in [1.165, 1.54) is 0 Å². The average molecular weight is 294 g/mol. The highest BCUT2D eigenvalue weighted by Gasteiger charge is 2.43. The second kappa shape index (κ2) is 5.89. The topological polar surface area (TPSA) is 50.4 Å². The zero-order valence-electron chi connectivity index (χ0n) is 11.6. The van der Waals surface area contributed by atoms with Gasteiger partial charge in [0.2, 0.25) is 5.91 Å². The van der Waals surface area contributed by atoms with Gasteiger partial charge in [0.1, 0.15) is 0 Å². The van der Waals surface area contributed by atoms with Crippen LogP contribution in [0.25, 0.3) is 0 Å². The lowest BCUT2D eigenvalue weighted by molar-refractivity contribution is -0.180. The Morgan fingerprint density at radius 2 is 1.95 bits per heavy atom. The van der Waals surface area contributed by atoms with E-state index in [9.17, 15) is 18.0 Å². The first-order valence-electron chi connectivity index (χ1n) is 7.00. The van der Waals surface area contributed by atoms with Crippen LogP contribution in [0.1, 0.15) is 32.6 Å². The van der Waals surface area contributed by atoms with Gasteiger partial charge in [-0.1, -0.05) is 0 Å². The van der Waals surface area contributed by atoms with Crippen molar-refractivity contribution >= 4 is 5.91 Å². The summed E-state index contributed by atoms with van der Waals surface area (Å²) < 4.78 is 42.9. The van der Waals surface area contributed by atoms with Crippen LogP contribution in [0.3, 0.4) is 0 Å². The van der Waals surface area contributed by atoms with Gasteiger partial charge in [0.25, 0.3) is 0 Å². The highest BCUT2D eigenvalue weighted by molar-refractivity contribution is 5.82. The number of nitrogens with one attached hydrogen (secondary N) is 2. The minimum Gasteiger partial charge on any atom is -0.381 e. The lowest BCUT2D eigenvalue weighted by atomic mass is 9.90. The molecule has 2 fully saturated rings. The van der Waals surface area contributed by atoms with Crippen LogP contribution in [0.15, 0.2) is 0 Å². The summed E-state index contributed by atoms with van der Waals surface area (Å²) in [6, 6.07) is -0.520. The summed E-state index contributed by atoms with van der Waals surface area (Å²) in [7, 11) is 0. The van der Waals surface area contributed by atoms with Gasteiger partial charge in [0.15, 0.2) is 0 Å². The Bertz CT molecular complexity index is 346. The molecule has 2 unspecified atom stereocenters. The first kappa shape index (κ1) is 15.6. The number of halogens is 3. The Kier molecular flexibility index (Phi) is 4.59. The molecule has 0 aromatic carbocycles. The molecule has 2 atom stereocenters. The number of alkyl halides is 3. The van der Waals surface area contributed by atoms with E-state index in [4.69, 9.17) is 4.74 Å². The molecule has 116 valence electrons. The van der Waals surface area contributed by atoms with E-state index in [1.807, 2.05) is 6.92 Å². The largest absolute Gasteiger partial charge is 0.393 e. The van der Waals surface area contributed by atoms with Crippen molar-refractivity contribution in [2.75, 3.05) is 19.8 Å². The molecule has 0 aliphatic carbocycles. The molecule has 2 rings (SSSR count). The second-order valence-corrected chi connectivity index (χ2v) is 5.94. The van der Waals surface area contributed by atoms with Crippen molar-refractivity contribution in [1.29, 1.82) is 0 Å². The van der Waals surface area contributed by atoms with Crippen molar-refractivity contribution in [1.82, 2.24) is 10.6 Å². The van der Waals surface area contributed by atoms with Gasteiger partial charge in [-0.05, 0) is 32.6 Å². The second-order valence-electron chi connectivity index (χ2n) is 5.94. The van der Waals surface area contributed by atoms with Gasteiger partial charge in [0.05, 0.1) is 12.0 Å². The number of amides is 1. The third-order valence-corrected chi connectivity index (χ3v) is 4.22. The number of piperidine rings is 1. The summed E-state index contributed by atoms with van der Waals surface area (Å²) in [6.07, 6.45) is -2.48. The van der Waals surface area contributed by atoms with Gasteiger partial charge in [-0.3, -0.25) is 4.79 Å². The fourth-order valence-electron chi connectivity index (χ4n) is 2.69. The molecule has 0 aromatic rings. The molecule has 0 aromatic heterocycles. The van der Waals surface area contributed by atoms with E-state index >= 15 is 0 Å². The monoisotopic (exact) mass is 294 g/mol. The quantitative estimate of drug-likeness (QED) is 0.813. The molecule has 2 N–H and O–H groups in total. The van der Waals surface area contributed by atoms with Crippen LogP contribution in [-0.2, 0) is 9.53 Å². The van der Waals surface area contributed by atoms with Crippen LogP contribution in [0.5, 0.6) is 0 Å². The molecule has 2 aliphatic rings. The van der Waals surface area contributed by atoms with Gasteiger partial charge in [-0.15, -0.1) is 0 Å². The number of carbonyl (C=O) groups is 1. The van der Waals surface area contributed by atoms with E-state index < -0.39 is 18.1 Å². The van der Waals surface area contributed by atoms with Crippen molar-refractivity contribution in [3.05, 3.63) is 0 Å². The van der Waals surface area contributed by atoms with E-state index in [1.54, 1.807) is 0 Å². The van der Waals surface area contributed by atoms with Gasteiger partial charge >= 0.3 is 6.18 Å². The molecule has 1 amide bonds. The fraction of sp³-hybridized carbons (Fsp3) is 0.923. The number of hydrogen-bond donors (Lipinski definition) is 2. The Morgan fingerprint density at radius 3 is 2.45 bits per heavy atom. The maximum Gasteiger partial charge on any atom is 0.393 e. The maximum atomic E-state index is 12.5. The molecule has 7 heteroatoms. The predicted molar refractivity (Wildman–Crippen MR) is 67.2 cm³/mol. The third kappa shape index (κ3) is 3.85. The van der Waals surface area contributed by atoms with Crippen LogP contribution < -0.4 is 10.6 Å². The van der Waals surface area contributed by atoms with Crippen molar-refractivity contribution in [3.8, 4) is 0 Å². The highest BCUT2D eigenvalue weighted by atomic mass is 19.4. The SMILES string of the molecule is CC1(NC(=O)C2CCC(C(F)(F)F)CN2)CCOCC1. The molecule has 2 aliphatic heterocycles.